The van der Waals surface area contributed by atoms with E-state index in [4.69, 9.17) is 4.98 Å². The van der Waals surface area contributed by atoms with Crippen LogP contribution in [-0.2, 0) is 4.79 Å². The van der Waals surface area contributed by atoms with Crippen LogP contribution < -0.4 is 10.2 Å². The third-order valence-corrected chi connectivity index (χ3v) is 4.84. The maximum Gasteiger partial charge on any atom is 0.233 e. The summed E-state index contributed by atoms with van der Waals surface area (Å²) in [7, 11) is 1.69. The highest BCUT2D eigenvalue weighted by atomic mass is 16.1. The number of anilines is 1. The van der Waals surface area contributed by atoms with E-state index < -0.39 is 0 Å². The molecule has 1 aromatic heterocycles. The number of aromatic nitrogens is 2. The van der Waals surface area contributed by atoms with E-state index in [9.17, 15) is 4.79 Å². The van der Waals surface area contributed by atoms with Gasteiger partial charge in [0.15, 0.2) is 0 Å². The molecule has 1 unspecified atom stereocenters. The molecule has 6 nitrogen and oxygen atoms in total. The number of aryl methyl sites for hydroxylation is 1. The van der Waals surface area contributed by atoms with Crippen LogP contribution in [0.2, 0.25) is 0 Å². The third kappa shape index (κ3) is 3.99. The first-order chi connectivity index (χ1) is 11.2. The van der Waals surface area contributed by atoms with Crippen molar-refractivity contribution >= 4 is 11.7 Å². The highest BCUT2D eigenvalue weighted by molar-refractivity contribution is 5.77. The number of nitrogens with zero attached hydrogens (tertiary/aromatic N) is 4. The first-order valence-electron chi connectivity index (χ1n) is 8.69. The largest absolute Gasteiger partial charge is 0.358 e. The summed E-state index contributed by atoms with van der Waals surface area (Å²) < 4.78 is 0. The lowest BCUT2D eigenvalue weighted by Crippen LogP contribution is -2.41. The second kappa shape index (κ2) is 7.25. The molecule has 2 fully saturated rings. The van der Waals surface area contributed by atoms with Crippen molar-refractivity contribution in [3.63, 3.8) is 0 Å². The number of carbonyl (C=O) groups is 1. The molecular formula is C17H27N5O. The summed E-state index contributed by atoms with van der Waals surface area (Å²) >= 11 is 0. The zero-order valence-corrected chi connectivity index (χ0v) is 14.2. The molecule has 3 heterocycles. The summed E-state index contributed by atoms with van der Waals surface area (Å²) in [5, 5.41) is 2.71. The Morgan fingerprint density at radius 2 is 2.04 bits per heavy atom. The number of hydrogen-bond donors (Lipinski definition) is 1. The molecule has 0 bridgehead atoms. The molecule has 1 atom stereocenters. The Hall–Kier alpha value is -1.69. The van der Waals surface area contributed by atoms with E-state index in [1.165, 1.54) is 12.8 Å². The minimum absolute atomic E-state index is 0.0854. The number of likely N-dealkylation sites (N-methyl/N-ethyl adjacent to an activating group) is 1. The summed E-state index contributed by atoms with van der Waals surface area (Å²) in [6, 6.07) is 2.17. The highest BCUT2D eigenvalue weighted by Gasteiger charge is 2.25. The lowest BCUT2D eigenvalue weighted by molar-refractivity contribution is -0.122. The average molecular weight is 317 g/mol. The molecule has 2 aliphatic rings. The van der Waals surface area contributed by atoms with Gasteiger partial charge in [0, 0.05) is 38.7 Å². The molecule has 2 aliphatic heterocycles. The van der Waals surface area contributed by atoms with Crippen LogP contribution >= 0.6 is 0 Å². The second-order valence-corrected chi connectivity index (χ2v) is 6.64. The van der Waals surface area contributed by atoms with Crippen molar-refractivity contribution in [2.45, 2.75) is 38.5 Å². The SMILES string of the molecule is CNC(=O)CN1CCCC(c2cc(N3CCCC3)nc(C)n2)C1. The summed E-state index contributed by atoms with van der Waals surface area (Å²) in [6.45, 7) is 6.56. The van der Waals surface area contributed by atoms with Crippen LogP contribution in [0.3, 0.4) is 0 Å². The van der Waals surface area contributed by atoms with Gasteiger partial charge in [0.2, 0.25) is 5.91 Å². The van der Waals surface area contributed by atoms with Crippen LogP contribution in [-0.4, -0.2) is 60.5 Å². The zero-order valence-electron chi connectivity index (χ0n) is 14.2. The van der Waals surface area contributed by atoms with E-state index in [0.29, 0.717) is 12.5 Å². The summed E-state index contributed by atoms with van der Waals surface area (Å²) in [6.07, 6.45) is 4.76. The van der Waals surface area contributed by atoms with Crippen molar-refractivity contribution in [3.05, 3.63) is 17.6 Å². The Balaban J connectivity index is 1.73. The number of carbonyl (C=O) groups excluding carboxylic acids is 1. The molecule has 1 aromatic rings. The smallest absolute Gasteiger partial charge is 0.233 e. The van der Waals surface area contributed by atoms with Gasteiger partial charge in [0.25, 0.3) is 0 Å². The van der Waals surface area contributed by atoms with E-state index in [1.807, 2.05) is 6.92 Å². The molecule has 0 aliphatic carbocycles. The second-order valence-electron chi connectivity index (χ2n) is 6.64. The molecule has 1 N–H and O–H groups in total. The fraction of sp³-hybridized carbons (Fsp3) is 0.706. The minimum atomic E-state index is 0.0854. The molecule has 3 rings (SSSR count). The van der Waals surface area contributed by atoms with E-state index >= 15 is 0 Å². The number of amides is 1. The molecule has 0 spiro atoms. The fourth-order valence-electron chi connectivity index (χ4n) is 3.61. The van der Waals surface area contributed by atoms with Crippen molar-refractivity contribution in [2.75, 3.05) is 44.7 Å². The topological polar surface area (TPSA) is 61.4 Å². The van der Waals surface area contributed by atoms with E-state index in [2.05, 4.69) is 26.2 Å². The zero-order chi connectivity index (χ0) is 16.2. The van der Waals surface area contributed by atoms with Gasteiger partial charge in [-0.2, -0.15) is 0 Å². The van der Waals surface area contributed by atoms with Gasteiger partial charge in [0.05, 0.1) is 12.2 Å². The Morgan fingerprint density at radius 1 is 1.26 bits per heavy atom. The predicted octanol–water partition coefficient (Wildman–Crippen LogP) is 1.31. The van der Waals surface area contributed by atoms with Crippen LogP contribution in [0.25, 0.3) is 0 Å². The van der Waals surface area contributed by atoms with Crippen LogP contribution in [0.1, 0.15) is 43.1 Å². The van der Waals surface area contributed by atoms with Crippen molar-refractivity contribution in [1.82, 2.24) is 20.2 Å². The minimum Gasteiger partial charge on any atom is -0.358 e. The fourth-order valence-corrected chi connectivity index (χ4v) is 3.61. The molecule has 0 saturated carbocycles. The van der Waals surface area contributed by atoms with E-state index in [1.54, 1.807) is 7.05 Å². The normalized spacial score (nSPS) is 22.3. The molecule has 1 amide bonds. The quantitative estimate of drug-likeness (QED) is 0.907. The lowest BCUT2D eigenvalue weighted by atomic mass is 9.94. The van der Waals surface area contributed by atoms with Gasteiger partial charge in [-0.25, -0.2) is 9.97 Å². The van der Waals surface area contributed by atoms with Crippen LogP contribution in [0.15, 0.2) is 6.07 Å². The van der Waals surface area contributed by atoms with E-state index in [0.717, 1.165) is 56.4 Å². The monoisotopic (exact) mass is 317 g/mol. The van der Waals surface area contributed by atoms with Crippen LogP contribution in [0.4, 0.5) is 5.82 Å². The Bertz CT molecular complexity index is 556. The first-order valence-corrected chi connectivity index (χ1v) is 8.69. The Morgan fingerprint density at radius 3 is 2.78 bits per heavy atom. The molecule has 6 heteroatoms. The Labute approximate surface area is 138 Å². The summed E-state index contributed by atoms with van der Waals surface area (Å²) in [4.78, 5) is 25.5. The molecule has 0 radical (unpaired) electrons. The number of rotatable bonds is 4. The van der Waals surface area contributed by atoms with Crippen molar-refractivity contribution in [3.8, 4) is 0 Å². The van der Waals surface area contributed by atoms with Gasteiger partial charge in [0.1, 0.15) is 11.6 Å². The van der Waals surface area contributed by atoms with Crippen molar-refractivity contribution in [1.29, 1.82) is 0 Å². The average Bonchev–Trinajstić information content (AvgIpc) is 3.09. The number of nitrogens with one attached hydrogen (secondary N) is 1. The Kier molecular flexibility index (Phi) is 5.10. The van der Waals surface area contributed by atoms with Gasteiger partial charge in [-0.3, -0.25) is 9.69 Å². The molecule has 126 valence electrons. The van der Waals surface area contributed by atoms with Crippen molar-refractivity contribution < 1.29 is 4.79 Å². The van der Waals surface area contributed by atoms with Gasteiger partial charge >= 0.3 is 0 Å². The van der Waals surface area contributed by atoms with Gasteiger partial charge < -0.3 is 10.2 Å². The maximum absolute atomic E-state index is 11.6. The number of likely N-dealkylation sites (tertiary alicyclic amines) is 1. The predicted molar refractivity (Wildman–Crippen MR) is 90.7 cm³/mol. The van der Waals surface area contributed by atoms with Gasteiger partial charge in [-0.15, -0.1) is 0 Å². The first kappa shape index (κ1) is 16.2. The van der Waals surface area contributed by atoms with Crippen LogP contribution in [0, 0.1) is 6.92 Å². The summed E-state index contributed by atoms with van der Waals surface area (Å²) in [5.41, 5.74) is 1.14. The standard InChI is InChI=1S/C17H27N5O/c1-13-19-15(10-16(20-13)22-8-3-4-9-22)14-6-5-7-21(11-14)12-17(23)18-2/h10,14H,3-9,11-12H2,1-2H3,(H,18,23). The van der Waals surface area contributed by atoms with Gasteiger partial charge in [-0.1, -0.05) is 0 Å². The lowest BCUT2D eigenvalue weighted by Gasteiger charge is -2.32. The third-order valence-electron chi connectivity index (χ3n) is 4.84. The number of piperidine rings is 1. The number of hydrogen-bond acceptors (Lipinski definition) is 5. The molecule has 23 heavy (non-hydrogen) atoms. The molecular weight excluding hydrogens is 290 g/mol. The molecule has 0 aromatic carbocycles. The highest BCUT2D eigenvalue weighted by Crippen LogP contribution is 2.28. The van der Waals surface area contributed by atoms with Gasteiger partial charge in [-0.05, 0) is 39.2 Å². The van der Waals surface area contributed by atoms with Crippen LogP contribution in [0.5, 0.6) is 0 Å². The van der Waals surface area contributed by atoms with Crippen molar-refractivity contribution in [2.24, 2.45) is 0 Å². The maximum atomic E-state index is 11.6. The molecule has 2 saturated heterocycles. The summed E-state index contributed by atoms with van der Waals surface area (Å²) in [5.74, 6) is 2.42. The van der Waals surface area contributed by atoms with E-state index in [-0.39, 0.29) is 5.91 Å².